The summed E-state index contributed by atoms with van der Waals surface area (Å²) in [6, 6.07) is 0. The Labute approximate surface area is 106 Å². The number of carboxylic acids is 2. The van der Waals surface area contributed by atoms with Gasteiger partial charge in [-0.1, -0.05) is 12.2 Å². The van der Waals surface area contributed by atoms with Crippen LogP contribution in [0.3, 0.4) is 0 Å². The molecule has 0 unspecified atom stereocenters. The fourth-order valence-corrected chi connectivity index (χ4v) is 0.175. The monoisotopic (exact) mass is 266 g/mol. The minimum absolute atomic E-state index is 0. The summed E-state index contributed by atoms with van der Waals surface area (Å²) in [6.07, 6.45) is 2.38. The van der Waals surface area contributed by atoms with Crippen LogP contribution in [0.25, 0.3) is 0 Å². The third-order valence-corrected chi connectivity index (χ3v) is 1.77. The molecule has 0 aromatic carbocycles. The molecule has 0 aliphatic carbocycles. The number of rotatable bonds is 4. The maximum absolute atomic E-state index is 10.1. The van der Waals surface area contributed by atoms with Gasteiger partial charge in [0.2, 0.25) is 0 Å². The SMILES string of the molecule is C=C[C@@](C)(N)C(=O)O.C=C[C@@](C)(N)C(=O)O.Cl. The molecule has 6 N–H and O–H groups in total. The topological polar surface area (TPSA) is 127 Å². The fourth-order valence-electron chi connectivity index (χ4n) is 0.175. The smallest absolute Gasteiger partial charge is 0.327 e. The molecule has 0 bridgehead atoms. The first kappa shape index (κ1) is 21.0. The van der Waals surface area contributed by atoms with E-state index in [4.69, 9.17) is 21.7 Å². The minimum atomic E-state index is -1.28. The van der Waals surface area contributed by atoms with Crippen molar-refractivity contribution in [3.05, 3.63) is 25.3 Å². The summed E-state index contributed by atoms with van der Waals surface area (Å²) in [4.78, 5) is 20.1. The standard InChI is InChI=1S/2C5H9NO2.ClH/c2*1-3-5(2,6)4(7)8;/h2*3H,1,6H2,2H3,(H,7,8);1H/t2*5-;/m11./s1. The van der Waals surface area contributed by atoms with Crippen molar-refractivity contribution in [2.24, 2.45) is 11.5 Å². The summed E-state index contributed by atoms with van der Waals surface area (Å²) in [5.74, 6) is -2.12. The Bertz CT molecular complexity index is 271. The number of aliphatic carboxylic acids is 2. The maximum Gasteiger partial charge on any atom is 0.327 e. The van der Waals surface area contributed by atoms with Crippen molar-refractivity contribution in [2.75, 3.05) is 0 Å². The molecule has 0 heterocycles. The molecule has 0 amide bonds. The quantitative estimate of drug-likeness (QED) is 0.545. The third-order valence-electron chi connectivity index (χ3n) is 1.77. The van der Waals surface area contributed by atoms with Gasteiger partial charge in [-0.3, -0.25) is 0 Å². The van der Waals surface area contributed by atoms with Crippen LogP contribution in [-0.4, -0.2) is 33.2 Å². The average Bonchev–Trinajstić information content (AvgIpc) is 2.18. The molecule has 0 aliphatic heterocycles. The molecule has 0 aliphatic rings. The highest BCUT2D eigenvalue weighted by atomic mass is 35.5. The molecule has 7 heteroatoms. The van der Waals surface area contributed by atoms with Crippen LogP contribution in [0.1, 0.15) is 13.8 Å². The van der Waals surface area contributed by atoms with E-state index >= 15 is 0 Å². The lowest BCUT2D eigenvalue weighted by atomic mass is 10.1. The molecule has 0 fully saturated rings. The van der Waals surface area contributed by atoms with Crippen molar-refractivity contribution in [1.29, 1.82) is 0 Å². The number of halogens is 1. The van der Waals surface area contributed by atoms with Crippen LogP contribution in [-0.2, 0) is 9.59 Å². The molecular formula is C10H19ClN2O4. The van der Waals surface area contributed by atoms with E-state index in [2.05, 4.69) is 13.2 Å². The zero-order valence-corrected chi connectivity index (χ0v) is 10.7. The van der Waals surface area contributed by atoms with Crippen molar-refractivity contribution >= 4 is 24.3 Å². The first-order valence-corrected chi connectivity index (χ1v) is 4.33. The lowest BCUT2D eigenvalue weighted by molar-refractivity contribution is -0.141. The largest absolute Gasteiger partial charge is 0.480 e. The van der Waals surface area contributed by atoms with Gasteiger partial charge >= 0.3 is 11.9 Å². The van der Waals surface area contributed by atoms with Crippen LogP contribution < -0.4 is 11.5 Å². The summed E-state index contributed by atoms with van der Waals surface area (Å²) in [7, 11) is 0. The van der Waals surface area contributed by atoms with E-state index in [-0.39, 0.29) is 12.4 Å². The van der Waals surface area contributed by atoms with Gasteiger partial charge in [0.05, 0.1) is 0 Å². The van der Waals surface area contributed by atoms with Gasteiger partial charge in [0.1, 0.15) is 11.1 Å². The molecule has 100 valence electrons. The second-order valence-corrected chi connectivity index (χ2v) is 3.58. The van der Waals surface area contributed by atoms with Crippen LogP contribution in [0.5, 0.6) is 0 Å². The van der Waals surface area contributed by atoms with Crippen LogP contribution in [0.15, 0.2) is 25.3 Å². The van der Waals surface area contributed by atoms with Gasteiger partial charge in [-0.25, -0.2) is 9.59 Å². The number of carboxylic acid groups (broad SMARTS) is 2. The Morgan fingerprint density at radius 2 is 1.18 bits per heavy atom. The van der Waals surface area contributed by atoms with Crippen molar-refractivity contribution in [3.8, 4) is 0 Å². The summed E-state index contributed by atoms with van der Waals surface area (Å²) in [6.45, 7) is 9.25. The predicted octanol–water partition coefficient (Wildman–Crippen LogP) is 0.371. The summed E-state index contributed by atoms with van der Waals surface area (Å²) < 4.78 is 0. The summed E-state index contributed by atoms with van der Waals surface area (Å²) in [5, 5.41) is 16.5. The predicted molar refractivity (Wildman–Crippen MR) is 68.1 cm³/mol. The van der Waals surface area contributed by atoms with E-state index in [0.29, 0.717) is 0 Å². The van der Waals surface area contributed by atoms with Crippen molar-refractivity contribution in [3.63, 3.8) is 0 Å². The fraction of sp³-hybridized carbons (Fsp3) is 0.400. The van der Waals surface area contributed by atoms with Gasteiger partial charge in [0.15, 0.2) is 0 Å². The normalized spacial score (nSPS) is 15.8. The molecule has 2 atom stereocenters. The van der Waals surface area contributed by atoms with E-state index in [1.165, 1.54) is 26.0 Å². The number of nitrogens with two attached hydrogens (primary N) is 2. The second kappa shape index (κ2) is 7.83. The van der Waals surface area contributed by atoms with E-state index in [1.807, 2.05) is 0 Å². The first-order valence-electron chi connectivity index (χ1n) is 4.33. The first-order chi connectivity index (χ1) is 7.01. The van der Waals surface area contributed by atoms with Gasteiger partial charge < -0.3 is 21.7 Å². The van der Waals surface area contributed by atoms with Gasteiger partial charge in [-0.2, -0.15) is 0 Å². The Morgan fingerprint density at radius 1 is 1.00 bits per heavy atom. The van der Waals surface area contributed by atoms with Crippen LogP contribution in [0, 0.1) is 0 Å². The highest BCUT2D eigenvalue weighted by Crippen LogP contribution is 1.98. The maximum atomic E-state index is 10.1. The van der Waals surface area contributed by atoms with E-state index in [1.54, 1.807) is 0 Å². The van der Waals surface area contributed by atoms with Crippen molar-refractivity contribution in [1.82, 2.24) is 0 Å². The zero-order valence-electron chi connectivity index (χ0n) is 9.84. The molecule has 0 radical (unpaired) electrons. The van der Waals surface area contributed by atoms with Gasteiger partial charge in [-0.05, 0) is 13.8 Å². The highest BCUT2D eigenvalue weighted by molar-refractivity contribution is 5.85. The van der Waals surface area contributed by atoms with Gasteiger partial charge in [0.25, 0.3) is 0 Å². The van der Waals surface area contributed by atoms with E-state index in [9.17, 15) is 9.59 Å². The molecule has 0 aromatic rings. The third kappa shape index (κ3) is 8.44. The molecule has 0 rings (SSSR count). The zero-order chi connectivity index (χ0) is 13.6. The van der Waals surface area contributed by atoms with E-state index in [0.717, 1.165) is 0 Å². The van der Waals surface area contributed by atoms with Crippen LogP contribution in [0.2, 0.25) is 0 Å². The van der Waals surface area contributed by atoms with Crippen molar-refractivity contribution in [2.45, 2.75) is 24.9 Å². The highest BCUT2D eigenvalue weighted by Gasteiger charge is 2.22. The second-order valence-electron chi connectivity index (χ2n) is 3.58. The number of carbonyl (C=O) groups is 2. The molecule has 0 saturated heterocycles. The Hall–Kier alpha value is -1.37. The van der Waals surface area contributed by atoms with Crippen LogP contribution >= 0.6 is 12.4 Å². The lowest BCUT2D eigenvalue weighted by Gasteiger charge is -2.11. The average molecular weight is 267 g/mol. The number of hydrogen-bond donors (Lipinski definition) is 4. The summed E-state index contributed by atoms with van der Waals surface area (Å²) >= 11 is 0. The minimum Gasteiger partial charge on any atom is -0.480 e. The molecule has 0 aromatic heterocycles. The number of hydrogen-bond acceptors (Lipinski definition) is 4. The Balaban J connectivity index is -0.000000218. The Kier molecular flexibility index (Phi) is 9.66. The summed E-state index contributed by atoms with van der Waals surface area (Å²) in [5.41, 5.74) is 7.73. The van der Waals surface area contributed by atoms with Crippen LogP contribution in [0.4, 0.5) is 0 Å². The van der Waals surface area contributed by atoms with Gasteiger partial charge in [-0.15, -0.1) is 25.6 Å². The van der Waals surface area contributed by atoms with Crippen molar-refractivity contribution < 1.29 is 19.8 Å². The lowest BCUT2D eigenvalue weighted by Crippen LogP contribution is -2.42. The molecule has 0 spiro atoms. The Morgan fingerprint density at radius 3 is 1.18 bits per heavy atom. The molecular weight excluding hydrogens is 248 g/mol. The molecule has 17 heavy (non-hydrogen) atoms. The molecule has 6 nitrogen and oxygen atoms in total. The molecule has 0 saturated carbocycles. The van der Waals surface area contributed by atoms with Gasteiger partial charge in [0, 0.05) is 0 Å². The van der Waals surface area contributed by atoms with E-state index < -0.39 is 23.0 Å².